The molecule has 38 heavy (non-hydrogen) atoms. The molecule has 0 saturated heterocycles. The maximum absolute atomic E-state index is 13.4. The van der Waals surface area contributed by atoms with Crippen molar-refractivity contribution in [2.75, 3.05) is 5.32 Å². The minimum absolute atomic E-state index is 0.0344. The highest BCUT2D eigenvalue weighted by Gasteiger charge is 2.38. The van der Waals surface area contributed by atoms with E-state index in [1.165, 1.54) is 6.07 Å². The molecule has 0 unspecified atom stereocenters. The number of carbonyl (C=O) groups is 1. The lowest BCUT2D eigenvalue weighted by Crippen LogP contribution is -2.31. The number of aryl methyl sites for hydroxylation is 1. The van der Waals surface area contributed by atoms with Crippen LogP contribution in [0.15, 0.2) is 133 Å². The van der Waals surface area contributed by atoms with Crippen LogP contribution in [-0.4, -0.2) is 10.8 Å². The van der Waals surface area contributed by atoms with Crippen LogP contribution in [0.5, 0.6) is 0 Å². The van der Waals surface area contributed by atoms with Crippen LogP contribution in [0.4, 0.5) is 11.4 Å². The Hall–Kier alpha value is -5.03. The Morgan fingerprint density at radius 2 is 1.16 bits per heavy atom. The fourth-order valence-electron chi connectivity index (χ4n) is 5.05. The summed E-state index contributed by atoms with van der Waals surface area (Å²) in [5, 5.41) is 14.2. The first-order valence-electron chi connectivity index (χ1n) is 12.3. The largest absolute Gasteiger partial charge is 0.322 e. The standard InChI is InChI=1S/C33H26N2O3/c1-24-20-21-30(23-31(24)35(37)38)34-32(36)25-12-11-19-29(22-25)33(26-13-5-2-6-14-26,27-15-7-3-8-16-27)28-17-9-4-10-18-28/h2-23H,1H3,(H,34,36). The zero-order valence-electron chi connectivity index (χ0n) is 20.9. The van der Waals surface area contributed by atoms with Gasteiger partial charge < -0.3 is 5.32 Å². The Labute approximate surface area is 221 Å². The Kier molecular flexibility index (Phi) is 6.83. The number of anilines is 1. The van der Waals surface area contributed by atoms with Gasteiger partial charge in [0.15, 0.2) is 0 Å². The molecule has 5 nitrogen and oxygen atoms in total. The van der Waals surface area contributed by atoms with Crippen molar-refractivity contribution in [3.63, 3.8) is 0 Å². The lowest BCUT2D eigenvalue weighted by molar-refractivity contribution is -0.385. The molecule has 5 aromatic rings. The highest BCUT2D eigenvalue weighted by atomic mass is 16.6. The number of nitro benzene ring substituents is 1. The maximum atomic E-state index is 13.4. The van der Waals surface area contributed by atoms with Gasteiger partial charge in [0.25, 0.3) is 11.6 Å². The normalized spacial score (nSPS) is 11.1. The monoisotopic (exact) mass is 498 g/mol. The van der Waals surface area contributed by atoms with E-state index in [-0.39, 0.29) is 11.6 Å². The van der Waals surface area contributed by atoms with Crippen LogP contribution >= 0.6 is 0 Å². The summed E-state index contributed by atoms with van der Waals surface area (Å²) in [5.74, 6) is -0.340. The van der Waals surface area contributed by atoms with Crippen molar-refractivity contribution in [1.29, 1.82) is 0 Å². The van der Waals surface area contributed by atoms with Gasteiger partial charge in [-0.05, 0) is 47.4 Å². The van der Waals surface area contributed by atoms with Gasteiger partial charge in [-0.1, -0.05) is 109 Å². The maximum Gasteiger partial charge on any atom is 0.274 e. The van der Waals surface area contributed by atoms with Crippen LogP contribution in [0.2, 0.25) is 0 Å². The zero-order chi connectivity index (χ0) is 26.5. The SMILES string of the molecule is Cc1ccc(NC(=O)c2cccc(C(c3ccccc3)(c3ccccc3)c3ccccc3)c2)cc1[N+](=O)[O-]. The van der Waals surface area contributed by atoms with Gasteiger partial charge in [-0.25, -0.2) is 0 Å². The molecule has 1 N–H and O–H groups in total. The molecule has 0 aromatic heterocycles. The quantitative estimate of drug-likeness (QED) is 0.143. The second-order valence-electron chi connectivity index (χ2n) is 9.14. The van der Waals surface area contributed by atoms with E-state index in [0.29, 0.717) is 16.8 Å². The number of hydrogen-bond donors (Lipinski definition) is 1. The van der Waals surface area contributed by atoms with Gasteiger partial charge in [0.1, 0.15) is 0 Å². The van der Waals surface area contributed by atoms with Crippen molar-refractivity contribution in [1.82, 2.24) is 0 Å². The van der Waals surface area contributed by atoms with E-state index >= 15 is 0 Å². The van der Waals surface area contributed by atoms with Gasteiger partial charge in [0, 0.05) is 22.9 Å². The first kappa shape index (κ1) is 24.7. The summed E-state index contributed by atoms with van der Waals surface area (Å²) in [5.41, 5.74) is 4.81. The molecule has 0 radical (unpaired) electrons. The molecule has 0 fully saturated rings. The topological polar surface area (TPSA) is 72.2 Å². The van der Waals surface area contributed by atoms with Crippen LogP contribution in [0.1, 0.15) is 38.2 Å². The summed E-state index contributed by atoms with van der Waals surface area (Å²) in [6.07, 6.45) is 0. The summed E-state index contributed by atoms with van der Waals surface area (Å²) >= 11 is 0. The molecule has 0 heterocycles. The number of nitrogens with zero attached hydrogens (tertiary/aromatic N) is 1. The molecule has 0 aliphatic heterocycles. The molecule has 5 heteroatoms. The van der Waals surface area contributed by atoms with Crippen LogP contribution in [-0.2, 0) is 5.41 Å². The van der Waals surface area contributed by atoms with E-state index in [1.807, 2.05) is 72.8 Å². The molecular weight excluding hydrogens is 472 g/mol. The number of hydrogen-bond acceptors (Lipinski definition) is 3. The molecule has 0 saturated carbocycles. The Morgan fingerprint density at radius 3 is 1.66 bits per heavy atom. The predicted molar refractivity (Wildman–Crippen MR) is 151 cm³/mol. The van der Waals surface area contributed by atoms with Gasteiger partial charge in [-0.15, -0.1) is 0 Å². The lowest BCUT2D eigenvalue weighted by atomic mass is 9.65. The Balaban J connectivity index is 1.66. The van der Waals surface area contributed by atoms with E-state index in [2.05, 4.69) is 41.7 Å². The average molecular weight is 499 g/mol. The van der Waals surface area contributed by atoms with E-state index in [9.17, 15) is 14.9 Å². The van der Waals surface area contributed by atoms with Gasteiger partial charge in [0.2, 0.25) is 0 Å². The predicted octanol–water partition coefficient (Wildman–Crippen LogP) is 7.54. The molecule has 0 atom stereocenters. The Bertz CT molecular complexity index is 1490. The molecule has 186 valence electrons. The first-order valence-corrected chi connectivity index (χ1v) is 12.3. The third-order valence-corrected chi connectivity index (χ3v) is 6.84. The summed E-state index contributed by atoms with van der Waals surface area (Å²) in [4.78, 5) is 24.3. The number of nitrogens with one attached hydrogen (secondary N) is 1. The van der Waals surface area contributed by atoms with E-state index in [0.717, 1.165) is 22.3 Å². The van der Waals surface area contributed by atoms with E-state index < -0.39 is 10.3 Å². The summed E-state index contributed by atoms with van der Waals surface area (Å²) < 4.78 is 0. The Morgan fingerprint density at radius 1 is 0.658 bits per heavy atom. The number of amides is 1. The van der Waals surface area contributed by atoms with Crippen LogP contribution in [0, 0.1) is 17.0 Å². The highest BCUT2D eigenvalue weighted by Crippen LogP contribution is 2.45. The number of nitro groups is 1. The molecule has 0 bridgehead atoms. The fourth-order valence-corrected chi connectivity index (χ4v) is 5.05. The van der Waals surface area contributed by atoms with Crippen molar-refractivity contribution >= 4 is 17.3 Å². The summed E-state index contributed by atoms with van der Waals surface area (Å²) in [7, 11) is 0. The molecule has 0 spiro atoms. The minimum Gasteiger partial charge on any atom is -0.322 e. The molecule has 0 aliphatic carbocycles. The van der Waals surface area contributed by atoms with Crippen LogP contribution in [0.3, 0.4) is 0 Å². The smallest absolute Gasteiger partial charge is 0.274 e. The average Bonchev–Trinajstić information content (AvgIpc) is 2.96. The van der Waals surface area contributed by atoms with Crippen LogP contribution in [0.25, 0.3) is 0 Å². The van der Waals surface area contributed by atoms with Crippen molar-refractivity contribution in [3.05, 3.63) is 177 Å². The molecular formula is C33H26N2O3. The fraction of sp³-hybridized carbons (Fsp3) is 0.0606. The van der Waals surface area contributed by atoms with Gasteiger partial charge in [-0.2, -0.15) is 0 Å². The van der Waals surface area contributed by atoms with Crippen molar-refractivity contribution in [3.8, 4) is 0 Å². The third-order valence-electron chi connectivity index (χ3n) is 6.84. The van der Waals surface area contributed by atoms with Crippen molar-refractivity contribution in [2.45, 2.75) is 12.3 Å². The zero-order valence-corrected chi connectivity index (χ0v) is 20.9. The molecule has 5 rings (SSSR count). The van der Waals surface area contributed by atoms with E-state index in [4.69, 9.17) is 0 Å². The van der Waals surface area contributed by atoms with Crippen molar-refractivity contribution < 1.29 is 9.72 Å². The summed E-state index contributed by atoms with van der Waals surface area (Å²) in [6, 6.07) is 43.1. The van der Waals surface area contributed by atoms with Crippen LogP contribution < -0.4 is 5.32 Å². The first-order chi connectivity index (χ1) is 18.5. The second kappa shape index (κ2) is 10.5. The number of benzene rings is 5. The van der Waals surface area contributed by atoms with E-state index in [1.54, 1.807) is 25.1 Å². The molecule has 1 amide bonds. The second-order valence-corrected chi connectivity index (χ2v) is 9.14. The van der Waals surface area contributed by atoms with Crippen molar-refractivity contribution in [2.24, 2.45) is 0 Å². The highest BCUT2D eigenvalue weighted by molar-refractivity contribution is 6.04. The molecule has 0 aliphatic rings. The lowest BCUT2D eigenvalue weighted by Gasteiger charge is -2.37. The molecule has 5 aromatic carbocycles. The van der Waals surface area contributed by atoms with Gasteiger partial charge in [0.05, 0.1) is 10.3 Å². The minimum atomic E-state index is -0.678. The number of carbonyl (C=O) groups excluding carboxylic acids is 1. The summed E-state index contributed by atoms with van der Waals surface area (Å²) in [6.45, 7) is 1.67. The van der Waals surface area contributed by atoms with Gasteiger partial charge in [-0.3, -0.25) is 14.9 Å². The van der Waals surface area contributed by atoms with Gasteiger partial charge >= 0.3 is 0 Å². The number of rotatable bonds is 7. The third kappa shape index (κ3) is 4.58.